The number of hydrogen-bond donors (Lipinski definition) is 3. The van der Waals surface area contributed by atoms with Gasteiger partial charge >= 0.3 is 12.0 Å². The van der Waals surface area contributed by atoms with Crippen LogP contribution in [0.25, 0.3) is 0 Å². The van der Waals surface area contributed by atoms with E-state index in [0.717, 1.165) is 12.8 Å². The van der Waals surface area contributed by atoms with E-state index in [4.69, 9.17) is 10.5 Å². The van der Waals surface area contributed by atoms with E-state index in [0.29, 0.717) is 18.7 Å². The van der Waals surface area contributed by atoms with Crippen LogP contribution in [0.4, 0.5) is 10.5 Å². The Morgan fingerprint density at radius 1 is 1.05 bits per heavy atom. The molecule has 0 radical (unpaired) electrons. The summed E-state index contributed by atoms with van der Waals surface area (Å²) in [6.07, 6.45) is 2.39. The number of para-hydroxylation sites is 1. The topological polar surface area (TPSA) is 111 Å². The molecule has 7 nitrogen and oxygen atoms in total. The first-order valence-electron chi connectivity index (χ1n) is 7.12. The quantitative estimate of drug-likeness (QED) is 0.473. The predicted octanol–water partition coefficient (Wildman–Crippen LogP) is 1.40. The van der Waals surface area contributed by atoms with Crippen LogP contribution in [0.2, 0.25) is 0 Å². The number of benzene rings is 1. The van der Waals surface area contributed by atoms with Crippen molar-refractivity contribution in [1.29, 1.82) is 0 Å². The van der Waals surface area contributed by atoms with Crippen molar-refractivity contribution < 1.29 is 19.1 Å². The first-order valence-corrected chi connectivity index (χ1v) is 7.12. The van der Waals surface area contributed by atoms with Gasteiger partial charge in [-0.15, -0.1) is 0 Å². The summed E-state index contributed by atoms with van der Waals surface area (Å²) in [6, 6.07) is 8.39. The number of rotatable bonds is 9. The zero-order valence-corrected chi connectivity index (χ0v) is 12.3. The van der Waals surface area contributed by atoms with E-state index >= 15 is 0 Å². The van der Waals surface area contributed by atoms with Crippen molar-refractivity contribution in [2.75, 3.05) is 18.5 Å². The summed E-state index contributed by atoms with van der Waals surface area (Å²) in [5.74, 6) is -0.781. The number of primary amides is 1. The summed E-state index contributed by atoms with van der Waals surface area (Å²) in [4.78, 5) is 33.4. The van der Waals surface area contributed by atoms with Crippen LogP contribution in [0, 0.1) is 0 Å². The molecule has 0 atom stereocenters. The van der Waals surface area contributed by atoms with Gasteiger partial charge in [-0.25, -0.2) is 4.79 Å². The molecule has 0 heterocycles. The number of amides is 3. The Bertz CT molecular complexity index is 491. The molecule has 0 aromatic heterocycles. The van der Waals surface area contributed by atoms with E-state index in [1.807, 2.05) is 6.07 Å². The highest BCUT2D eigenvalue weighted by Crippen LogP contribution is 2.05. The van der Waals surface area contributed by atoms with Gasteiger partial charge in [0.2, 0.25) is 0 Å². The number of hydrogen-bond acceptors (Lipinski definition) is 4. The Kier molecular flexibility index (Phi) is 8.10. The van der Waals surface area contributed by atoms with Gasteiger partial charge in [-0.1, -0.05) is 24.6 Å². The summed E-state index contributed by atoms with van der Waals surface area (Å²) in [5, 5.41) is 5.09. The Hall–Kier alpha value is -2.57. The second-order valence-electron chi connectivity index (χ2n) is 4.68. The molecule has 0 aliphatic rings. The maximum Gasteiger partial charge on any atom is 0.312 e. The molecule has 3 amide bonds. The van der Waals surface area contributed by atoms with E-state index < -0.39 is 12.0 Å². The molecule has 0 fully saturated rings. The maximum absolute atomic E-state index is 11.6. The summed E-state index contributed by atoms with van der Waals surface area (Å²) in [7, 11) is 0. The number of esters is 1. The largest absolute Gasteiger partial charge is 0.456 e. The molecule has 0 aliphatic heterocycles. The lowest BCUT2D eigenvalue weighted by Crippen LogP contribution is -2.29. The van der Waals surface area contributed by atoms with Crippen molar-refractivity contribution >= 4 is 23.6 Å². The summed E-state index contributed by atoms with van der Waals surface area (Å²) in [6.45, 7) is 0.195. The first kappa shape index (κ1) is 17.5. The number of nitrogens with two attached hydrogens (primary N) is 1. The third-order valence-electron chi connectivity index (χ3n) is 2.78. The van der Waals surface area contributed by atoms with E-state index in [1.54, 1.807) is 24.3 Å². The average Bonchev–Trinajstić information content (AvgIpc) is 2.49. The smallest absolute Gasteiger partial charge is 0.312 e. The number of urea groups is 1. The second kappa shape index (κ2) is 10.2. The Morgan fingerprint density at radius 2 is 1.77 bits per heavy atom. The lowest BCUT2D eigenvalue weighted by Gasteiger charge is -2.06. The minimum absolute atomic E-state index is 0.245. The minimum atomic E-state index is -0.552. The van der Waals surface area contributed by atoms with E-state index in [-0.39, 0.29) is 18.9 Å². The molecule has 120 valence electrons. The molecule has 1 aromatic carbocycles. The molecular weight excluding hydrogens is 286 g/mol. The van der Waals surface area contributed by atoms with Gasteiger partial charge in [-0.05, 0) is 25.0 Å². The zero-order valence-electron chi connectivity index (χ0n) is 12.3. The van der Waals surface area contributed by atoms with Crippen LogP contribution in [0.15, 0.2) is 30.3 Å². The highest BCUT2D eigenvalue weighted by Gasteiger charge is 2.07. The maximum atomic E-state index is 11.6. The Morgan fingerprint density at radius 3 is 2.45 bits per heavy atom. The van der Waals surface area contributed by atoms with Gasteiger partial charge in [0.15, 0.2) is 6.61 Å². The monoisotopic (exact) mass is 307 g/mol. The number of unbranched alkanes of at least 4 members (excludes halogenated alkanes) is 2. The molecular formula is C15H21N3O4. The Labute approximate surface area is 129 Å². The summed E-state index contributed by atoms with van der Waals surface area (Å²) >= 11 is 0. The lowest BCUT2D eigenvalue weighted by atomic mass is 10.2. The van der Waals surface area contributed by atoms with Gasteiger partial charge in [-0.2, -0.15) is 0 Å². The molecule has 22 heavy (non-hydrogen) atoms. The van der Waals surface area contributed by atoms with Crippen LogP contribution >= 0.6 is 0 Å². The molecule has 0 unspecified atom stereocenters. The van der Waals surface area contributed by atoms with E-state index in [2.05, 4.69) is 10.6 Å². The van der Waals surface area contributed by atoms with Crippen molar-refractivity contribution in [2.45, 2.75) is 25.7 Å². The number of carbonyl (C=O) groups excluding carboxylic acids is 3. The SMILES string of the molecule is NC(=O)NCCCCCC(=O)OCC(=O)Nc1ccccc1. The lowest BCUT2D eigenvalue weighted by molar-refractivity contribution is -0.147. The van der Waals surface area contributed by atoms with Crippen LogP contribution in [0.1, 0.15) is 25.7 Å². The van der Waals surface area contributed by atoms with Crippen molar-refractivity contribution in [2.24, 2.45) is 5.73 Å². The molecule has 0 aliphatic carbocycles. The molecule has 1 rings (SSSR count). The Balaban J connectivity index is 2.05. The van der Waals surface area contributed by atoms with E-state index in [9.17, 15) is 14.4 Å². The van der Waals surface area contributed by atoms with Gasteiger partial charge in [0, 0.05) is 18.7 Å². The van der Waals surface area contributed by atoms with Crippen LogP contribution in [0.5, 0.6) is 0 Å². The zero-order chi connectivity index (χ0) is 16.2. The van der Waals surface area contributed by atoms with Crippen molar-refractivity contribution in [3.8, 4) is 0 Å². The molecule has 1 aromatic rings. The molecule has 7 heteroatoms. The van der Waals surface area contributed by atoms with Gasteiger partial charge in [0.05, 0.1) is 0 Å². The van der Waals surface area contributed by atoms with Gasteiger partial charge in [-0.3, -0.25) is 9.59 Å². The first-order chi connectivity index (χ1) is 10.6. The van der Waals surface area contributed by atoms with Crippen LogP contribution in [-0.4, -0.2) is 31.1 Å². The van der Waals surface area contributed by atoms with Crippen molar-refractivity contribution in [3.05, 3.63) is 30.3 Å². The second-order valence-corrected chi connectivity index (χ2v) is 4.68. The highest BCUT2D eigenvalue weighted by molar-refractivity contribution is 5.92. The van der Waals surface area contributed by atoms with Crippen LogP contribution in [-0.2, 0) is 14.3 Å². The van der Waals surface area contributed by atoms with Crippen LogP contribution in [0.3, 0.4) is 0 Å². The fraction of sp³-hybridized carbons (Fsp3) is 0.400. The highest BCUT2D eigenvalue weighted by atomic mass is 16.5. The van der Waals surface area contributed by atoms with Crippen molar-refractivity contribution in [3.63, 3.8) is 0 Å². The normalized spacial score (nSPS) is 9.82. The molecule has 4 N–H and O–H groups in total. The molecule has 0 spiro atoms. The molecule has 0 saturated carbocycles. The number of anilines is 1. The van der Waals surface area contributed by atoms with Gasteiger partial charge in [0.1, 0.15) is 0 Å². The minimum Gasteiger partial charge on any atom is -0.456 e. The third-order valence-corrected chi connectivity index (χ3v) is 2.78. The fourth-order valence-electron chi connectivity index (χ4n) is 1.72. The standard InChI is InChI=1S/C15H21N3O4/c16-15(21)17-10-6-2-5-9-14(20)22-11-13(19)18-12-7-3-1-4-8-12/h1,3-4,7-8H,2,5-6,9-11H2,(H,18,19)(H3,16,17,21). The third kappa shape index (κ3) is 8.57. The number of ether oxygens (including phenoxy) is 1. The van der Waals surface area contributed by atoms with E-state index in [1.165, 1.54) is 0 Å². The molecule has 0 saturated heterocycles. The van der Waals surface area contributed by atoms with Gasteiger partial charge in [0.25, 0.3) is 5.91 Å². The van der Waals surface area contributed by atoms with Crippen LogP contribution < -0.4 is 16.4 Å². The van der Waals surface area contributed by atoms with Gasteiger partial charge < -0.3 is 21.1 Å². The van der Waals surface area contributed by atoms with Crippen molar-refractivity contribution in [1.82, 2.24) is 5.32 Å². The predicted molar refractivity (Wildman–Crippen MR) is 82.1 cm³/mol. The fourth-order valence-corrected chi connectivity index (χ4v) is 1.72. The summed E-state index contributed by atoms with van der Waals surface area (Å²) < 4.78 is 4.88. The number of carbonyl (C=O) groups is 3. The molecule has 0 bridgehead atoms. The average molecular weight is 307 g/mol. The summed E-state index contributed by atoms with van der Waals surface area (Å²) in [5.41, 5.74) is 5.57. The number of nitrogens with one attached hydrogen (secondary N) is 2.